The number of aryl methyl sites for hydroxylation is 2. The number of hydrogen-bond donors (Lipinski definition) is 3. The molecule has 3 N–H and O–H groups in total. The SMILES string of the molecule is Cc1c(C)n(Cc2ccc(-c3ccccc3C(=O)O)cc2)c2ccc(C(=O)NCc3ccc(I)cc3)cc12.Cc1c(C)n(Cc2ccc(-c3ccccc3C(=O)OC(C)(C)C)cc2)c2ccc(C(=O)NCc3ccc(I)cc3)cc12. The van der Waals surface area contributed by atoms with Gasteiger partial charge in [-0.1, -0.05) is 109 Å². The highest BCUT2D eigenvalue weighted by Crippen LogP contribution is 2.32. The molecule has 0 fully saturated rings. The predicted molar refractivity (Wildman–Crippen MR) is 338 cm³/mol. The van der Waals surface area contributed by atoms with Gasteiger partial charge in [-0.25, -0.2) is 9.59 Å². The topological polar surface area (TPSA) is 132 Å². The van der Waals surface area contributed by atoms with E-state index in [-0.39, 0.29) is 17.8 Å². The second-order valence-electron chi connectivity index (χ2n) is 21.0. The lowest BCUT2D eigenvalue weighted by Gasteiger charge is -2.20. The second kappa shape index (κ2) is 24.7. The summed E-state index contributed by atoms with van der Waals surface area (Å²) in [5.74, 6) is -1.43. The molecule has 0 unspecified atom stereocenters. The van der Waals surface area contributed by atoms with Gasteiger partial charge in [0, 0.05) is 77.6 Å². The van der Waals surface area contributed by atoms with E-state index < -0.39 is 11.6 Å². The minimum Gasteiger partial charge on any atom is -0.478 e. The number of fused-ring (bicyclic) bond motifs is 2. The fourth-order valence-corrected chi connectivity index (χ4v) is 10.6. The molecule has 12 heteroatoms. The van der Waals surface area contributed by atoms with Gasteiger partial charge in [-0.2, -0.15) is 0 Å². The van der Waals surface area contributed by atoms with Gasteiger partial charge >= 0.3 is 11.9 Å². The average molecular weight is 1290 g/mol. The number of amides is 2. The Hall–Kier alpha value is -7.82. The number of esters is 1. The Balaban J connectivity index is 0.000000195. The highest BCUT2D eigenvalue weighted by molar-refractivity contribution is 14.1. The molecule has 10 aromatic rings. The maximum atomic E-state index is 13.0. The fourth-order valence-electron chi connectivity index (χ4n) is 9.87. The largest absolute Gasteiger partial charge is 0.478 e. The number of aromatic nitrogens is 2. The number of aromatic carboxylic acids is 1. The maximum Gasteiger partial charge on any atom is 0.339 e. The lowest BCUT2D eigenvalue weighted by molar-refractivity contribution is 0.00699. The van der Waals surface area contributed by atoms with Crippen LogP contribution in [0.1, 0.15) is 107 Å². The smallest absolute Gasteiger partial charge is 0.339 e. The van der Waals surface area contributed by atoms with E-state index >= 15 is 0 Å². The Bertz CT molecular complexity index is 3930. The standard InChI is InChI=1S/C36H35IN2O3.C32H27IN2O3/c1-23-24(2)39(33-19-16-28(20-32(23)33)34(40)38-21-25-12-17-29(37)18-13-25)22-26-10-14-27(15-11-26)30-8-6-7-9-31(30)35(41)42-36(3,4)5;1-20-21(2)35(19-23-7-11-24(12-8-23)27-5-3-4-6-28(27)32(37)38)30-16-13-25(17-29(20)30)31(36)34-18-22-9-14-26(33)15-10-22/h6-20H,21-22H2,1-5H3,(H,38,40);3-17H,18-19H2,1-2H3,(H,34,36)(H,37,38). The van der Waals surface area contributed by atoms with Crippen molar-refractivity contribution in [1.29, 1.82) is 0 Å². The zero-order valence-electron chi connectivity index (χ0n) is 45.8. The summed E-state index contributed by atoms with van der Waals surface area (Å²) < 4.78 is 12.5. The maximum absolute atomic E-state index is 13.0. The number of ether oxygens (including phenoxy) is 1. The highest BCUT2D eigenvalue weighted by Gasteiger charge is 2.22. The Morgan fingerprint density at radius 3 is 1.26 bits per heavy atom. The average Bonchev–Trinajstić information content (AvgIpc) is 3.84. The van der Waals surface area contributed by atoms with Crippen molar-refractivity contribution in [2.75, 3.05) is 0 Å². The molecule has 80 heavy (non-hydrogen) atoms. The molecule has 0 bridgehead atoms. The number of rotatable bonds is 14. The van der Waals surface area contributed by atoms with Crippen LogP contribution in [0.2, 0.25) is 0 Å². The molecule has 2 heterocycles. The van der Waals surface area contributed by atoms with Crippen LogP contribution in [-0.2, 0) is 30.9 Å². The normalized spacial score (nSPS) is 11.3. The zero-order valence-corrected chi connectivity index (χ0v) is 50.1. The fraction of sp³-hybridized carbons (Fsp3) is 0.176. The summed E-state index contributed by atoms with van der Waals surface area (Å²) in [5.41, 5.74) is 16.2. The van der Waals surface area contributed by atoms with Gasteiger partial charge < -0.3 is 29.6 Å². The minimum atomic E-state index is -0.933. The van der Waals surface area contributed by atoms with Crippen LogP contribution in [0.15, 0.2) is 182 Å². The molecule has 0 aliphatic rings. The first kappa shape index (κ1) is 56.9. The first-order valence-electron chi connectivity index (χ1n) is 26.4. The number of hydrogen-bond acceptors (Lipinski definition) is 5. The van der Waals surface area contributed by atoms with E-state index in [0.717, 1.165) is 75.6 Å². The Morgan fingerprint density at radius 2 is 0.863 bits per heavy atom. The van der Waals surface area contributed by atoms with Crippen molar-refractivity contribution in [2.24, 2.45) is 0 Å². The van der Waals surface area contributed by atoms with Crippen molar-refractivity contribution < 1.29 is 29.0 Å². The van der Waals surface area contributed by atoms with Crippen LogP contribution >= 0.6 is 45.2 Å². The van der Waals surface area contributed by atoms with Crippen molar-refractivity contribution in [3.8, 4) is 22.3 Å². The van der Waals surface area contributed by atoms with Crippen molar-refractivity contribution in [3.63, 3.8) is 0 Å². The van der Waals surface area contributed by atoms with Crippen LogP contribution in [0.4, 0.5) is 0 Å². The summed E-state index contributed by atoms with van der Waals surface area (Å²) in [6, 6.07) is 59.0. The van der Waals surface area contributed by atoms with Gasteiger partial charge in [0.05, 0.1) is 11.1 Å². The third-order valence-corrected chi connectivity index (χ3v) is 15.9. The summed E-state index contributed by atoms with van der Waals surface area (Å²) in [5, 5.41) is 17.7. The number of carboxylic acids is 1. The molecule has 10 rings (SSSR count). The number of carbonyl (C=O) groups is 4. The highest BCUT2D eigenvalue weighted by atomic mass is 127. The van der Waals surface area contributed by atoms with Gasteiger partial charge in [-0.05, 0) is 222 Å². The molecule has 0 saturated carbocycles. The van der Waals surface area contributed by atoms with Crippen LogP contribution in [0, 0.1) is 34.8 Å². The van der Waals surface area contributed by atoms with Crippen molar-refractivity contribution in [2.45, 2.75) is 80.2 Å². The monoisotopic (exact) mass is 1280 g/mol. The van der Waals surface area contributed by atoms with Crippen LogP contribution in [0.25, 0.3) is 44.1 Å². The van der Waals surface area contributed by atoms with E-state index in [0.29, 0.717) is 54.0 Å². The molecule has 0 aliphatic carbocycles. The van der Waals surface area contributed by atoms with E-state index in [1.165, 1.54) is 14.8 Å². The molecule has 10 nitrogen and oxygen atoms in total. The first-order chi connectivity index (χ1) is 38.3. The lowest BCUT2D eigenvalue weighted by Crippen LogP contribution is -2.24. The van der Waals surface area contributed by atoms with Gasteiger partial charge in [-0.15, -0.1) is 0 Å². The number of carbonyl (C=O) groups excluding carboxylic acids is 3. The summed E-state index contributed by atoms with van der Waals surface area (Å²) in [6.07, 6.45) is 0. The first-order valence-corrected chi connectivity index (χ1v) is 28.5. The van der Waals surface area contributed by atoms with Gasteiger partial charge in [0.2, 0.25) is 0 Å². The number of nitrogens with one attached hydrogen (secondary N) is 2. The molecule has 404 valence electrons. The third-order valence-electron chi connectivity index (χ3n) is 14.4. The molecule has 8 aromatic carbocycles. The van der Waals surface area contributed by atoms with Gasteiger partial charge in [0.15, 0.2) is 0 Å². The third kappa shape index (κ3) is 13.3. The molecule has 0 aliphatic heterocycles. The minimum absolute atomic E-state index is 0.0810. The van der Waals surface area contributed by atoms with Crippen molar-refractivity contribution in [1.82, 2.24) is 19.8 Å². The lowest BCUT2D eigenvalue weighted by atomic mass is 9.98. The van der Waals surface area contributed by atoms with E-state index in [9.17, 15) is 24.3 Å². The Morgan fingerprint density at radius 1 is 0.487 bits per heavy atom. The van der Waals surface area contributed by atoms with E-state index in [2.05, 4.69) is 117 Å². The molecular formula is C68H62I2N4O6. The van der Waals surface area contributed by atoms with E-state index in [1.807, 2.05) is 166 Å². The van der Waals surface area contributed by atoms with Crippen LogP contribution in [0.5, 0.6) is 0 Å². The quantitative estimate of drug-likeness (QED) is 0.0734. The molecule has 2 amide bonds. The molecule has 2 aromatic heterocycles. The van der Waals surface area contributed by atoms with Crippen molar-refractivity contribution in [3.05, 3.63) is 256 Å². The van der Waals surface area contributed by atoms with Crippen LogP contribution in [0.3, 0.4) is 0 Å². The van der Waals surface area contributed by atoms with E-state index in [4.69, 9.17) is 4.74 Å². The van der Waals surface area contributed by atoms with Gasteiger partial charge in [0.25, 0.3) is 11.8 Å². The molecule has 0 saturated heterocycles. The number of nitrogens with zero attached hydrogens (tertiary/aromatic N) is 2. The summed E-state index contributed by atoms with van der Waals surface area (Å²) >= 11 is 4.54. The number of halogens is 2. The summed E-state index contributed by atoms with van der Waals surface area (Å²) in [7, 11) is 0. The van der Waals surface area contributed by atoms with Crippen molar-refractivity contribution >= 4 is 90.7 Å². The second-order valence-corrected chi connectivity index (χ2v) is 23.5. The summed E-state index contributed by atoms with van der Waals surface area (Å²) in [6.45, 7) is 16.4. The summed E-state index contributed by atoms with van der Waals surface area (Å²) in [4.78, 5) is 50.3. The predicted octanol–water partition coefficient (Wildman–Crippen LogP) is 15.7. The molecule has 0 spiro atoms. The van der Waals surface area contributed by atoms with Crippen LogP contribution in [-0.4, -0.2) is 43.6 Å². The van der Waals surface area contributed by atoms with Gasteiger partial charge in [0.1, 0.15) is 5.60 Å². The number of carboxylic acid groups (broad SMARTS) is 1. The number of benzene rings is 8. The Kier molecular flexibility index (Phi) is 17.6. The molecule has 0 radical (unpaired) electrons. The van der Waals surface area contributed by atoms with Crippen LogP contribution < -0.4 is 10.6 Å². The van der Waals surface area contributed by atoms with E-state index in [1.54, 1.807) is 12.1 Å². The molecule has 0 atom stereocenters. The Labute approximate surface area is 494 Å². The zero-order chi connectivity index (χ0) is 56.8. The van der Waals surface area contributed by atoms with Gasteiger partial charge in [-0.3, -0.25) is 9.59 Å². The molecular weight excluding hydrogens is 1220 g/mol.